The van der Waals surface area contributed by atoms with Crippen LogP contribution in [-0.4, -0.2) is 33.1 Å². The molecule has 0 aliphatic rings. The highest BCUT2D eigenvalue weighted by molar-refractivity contribution is 7.13. The Balaban J connectivity index is 2.08. The fraction of sp³-hybridized carbons (Fsp3) is 0.500. The number of aromatic nitrogens is 3. The minimum Gasteiger partial charge on any atom is -0.338 e. The topological polar surface area (TPSA) is 55.1 Å². The minimum absolute atomic E-state index is 0.457. The standard InChI is InChI=1S/C10H14N4OS/c1-7(2)14(3)5-9-12-10(13-15-9)8-4-11-6-16-8/h4,6-7H,5H2,1-3H3. The van der Waals surface area contributed by atoms with E-state index in [-0.39, 0.29) is 0 Å². The molecule has 0 N–H and O–H groups in total. The highest BCUT2D eigenvalue weighted by Crippen LogP contribution is 2.19. The van der Waals surface area contributed by atoms with Crippen LogP contribution in [0.1, 0.15) is 19.7 Å². The van der Waals surface area contributed by atoms with Crippen LogP contribution < -0.4 is 0 Å². The number of hydrogen-bond donors (Lipinski definition) is 0. The van der Waals surface area contributed by atoms with Gasteiger partial charge in [-0.05, 0) is 20.9 Å². The van der Waals surface area contributed by atoms with Crippen LogP contribution in [0.5, 0.6) is 0 Å². The normalized spacial score (nSPS) is 11.6. The maximum atomic E-state index is 5.19. The monoisotopic (exact) mass is 238 g/mol. The van der Waals surface area contributed by atoms with Gasteiger partial charge in [-0.2, -0.15) is 4.98 Å². The fourth-order valence-corrected chi connectivity index (χ4v) is 1.69. The average Bonchev–Trinajstić information content (AvgIpc) is 2.85. The molecule has 0 aromatic carbocycles. The number of rotatable bonds is 4. The Kier molecular flexibility index (Phi) is 3.31. The SMILES string of the molecule is CC(C)N(C)Cc1nc(-c2cncs2)no1. The van der Waals surface area contributed by atoms with Crippen LogP contribution in [0.25, 0.3) is 10.7 Å². The zero-order valence-corrected chi connectivity index (χ0v) is 10.4. The Labute approximate surface area is 98.1 Å². The molecule has 0 saturated heterocycles. The van der Waals surface area contributed by atoms with Crippen LogP contribution in [-0.2, 0) is 6.54 Å². The molecule has 6 heteroatoms. The van der Waals surface area contributed by atoms with Gasteiger partial charge in [-0.1, -0.05) is 5.16 Å². The summed E-state index contributed by atoms with van der Waals surface area (Å²) < 4.78 is 5.19. The van der Waals surface area contributed by atoms with Gasteiger partial charge < -0.3 is 4.52 Å². The second-order valence-electron chi connectivity index (χ2n) is 3.89. The molecule has 0 atom stereocenters. The summed E-state index contributed by atoms with van der Waals surface area (Å²) >= 11 is 1.50. The van der Waals surface area contributed by atoms with E-state index in [1.807, 2.05) is 7.05 Å². The van der Waals surface area contributed by atoms with Gasteiger partial charge in [-0.3, -0.25) is 9.88 Å². The largest absolute Gasteiger partial charge is 0.338 e. The number of nitrogens with zero attached hydrogens (tertiary/aromatic N) is 4. The number of thiazole rings is 1. The first-order valence-electron chi connectivity index (χ1n) is 5.08. The fourth-order valence-electron chi connectivity index (χ4n) is 1.14. The smallest absolute Gasteiger partial charge is 0.241 e. The van der Waals surface area contributed by atoms with Crippen LogP contribution in [0.4, 0.5) is 0 Å². The van der Waals surface area contributed by atoms with Gasteiger partial charge in [0.05, 0.1) is 16.9 Å². The lowest BCUT2D eigenvalue weighted by Crippen LogP contribution is -2.25. The van der Waals surface area contributed by atoms with E-state index in [4.69, 9.17) is 4.52 Å². The summed E-state index contributed by atoms with van der Waals surface area (Å²) in [4.78, 5) is 11.4. The summed E-state index contributed by atoms with van der Waals surface area (Å²) in [5, 5.41) is 3.93. The Morgan fingerprint density at radius 3 is 2.94 bits per heavy atom. The van der Waals surface area contributed by atoms with Gasteiger partial charge in [0.25, 0.3) is 0 Å². The first kappa shape index (κ1) is 11.2. The lowest BCUT2D eigenvalue weighted by Gasteiger charge is -2.17. The van der Waals surface area contributed by atoms with Crippen molar-refractivity contribution in [2.24, 2.45) is 0 Å². The first-order valence-corrected chi connectivity index (χ1v) is 5.96. The molecule has 16 heavy (non-hydrogen) atoms. The molecule has 2 aromatic heterocycles. The Morgan fingerprint density at radius 1 is 1.50 bits per heavy atom. The van der Waals surface area contributed by atoms with Gasteiger partial charge in [0.2, 0.25) is 11.7 Å². The summed E-state index contributed by atoms with van der Waals surface area (Å²) in [5.74, 6) is 1.26. The summed E-state index contributed by atoms with van der Waals surface area (Å²) in [5.41, 5.74) is 1.76. The zero-order chi connectivity index (χ0) is 11.5. The van der Waals surface area contributed by atoms with E-state index in [0.717, 1.165) is 4.88 Å². The van der Waals surface area contributed by atoms with Crippen molar-refractivity contribution >= 4 is 11.3 Å². The van der Waals surface area contributed by atoms with Crippen molar-refractivity contribution in [3.8, 4) is 10.7 Å². The Hall–Kier alpha value is -1.27. The minimum atomic E-state index is 0.457. The third-order valence-electron chi connectivity index (χ3n) is 2.39. The molecular weight excluding hydrogens is 224 g/mol. The van der Waals surface area contributed by atoms with E-state index in [9.17, 15) is 0 Å². The Bertz CT molecular complexity index is 437. The first-order chi connectivity index (χ1) is 7.66. The van der Waals surface area contributed by atoms with Crippen LogP contribution in [0.15, 0.2) is 16.2 Å². The van der Waals surface area contributed by atoms with Crippen molar-refractivity contribution < 1.29 is 4.52 Å². The molecule has 0 amide bonds. The van der Waals surface area contributed by atoms with E-state index >= 15 is 0 Å². The molecule has 0 unspecified atom stereocenters. The van der Waals surface area contributed by atoms with E-state index < -0.39 is 0 Å². The molecule has 86 valence electrons. The van der Waals surface area contributed by atoms with Crippen molar-refractivity contribution in [1.29, 1.82) is 0 Å². The molecule has 0 aliphatic carbocycles. The van der Waals surface area contributed by atoms with Gasteiger partial charge in [0.15, 0.2) is 0 Å². The van der Waals surface area contributed by atoms with Crippen molar-refractivity contribution in [3.05, 3.63) is 17.6 Å². The molecule has 0 fully saturated rings. The molecule has 0 bridgehead atoms. The van der Waals surface area contributed by atoms with Gasteiger partial charge in [0, 0.05) is 12.2 Å². The lowest BCUT2D eigenvalue weighted by molar-refractivity contribution is 0.226. The molecule has 5 nitrogen and oxygen atoms in total. The summed E-state index contributed by atoms with van der Waals surface area (Å²) in [7, 11) is 2.03. The van der Waals surface area contributed by atoms with Crippen LogP contribution in [0, 0.1) is 0 Å². The van der Waals surface area contributed by atoms with E-state index in [1.165, 1.54) is 11.3 Å². The van der Waals surface area contributed by atoms with Gasteiger partial charge in [0.1, 0.15) is 0 Å². The molecule has 0 aliphatic heterocycles. The molecule has 2 rings (SSSR count). The van der Waals surface area contributed by atoms with Crippen LogP contribution in [0.3, 0.4) is 0 Å². The second-order valence-corrected chi connectivity index (χ2v) is 4.77. The quantitative estimate of drug-likeness (QED) is 0.815. The molecule has 0 saturated carbocycles. The van der Waals surface area contributed by atoms with E-state index in [1.54, 1.807) is 11.7 Å². The molecule has 0 radical (unpaired) electrons. The lowest BCUT2D eigenvalue weighted by atomic mass is 10.3. The van der Waals surface area contributed by atoms with Crippen molar-refractivity contribution in [2.75, 3.05) is 7.05 Å². The number of hydrogen-bond acceptors (Lipinski definition) is 6. The van der Waals surface area contributed by atoms with Crippen molar-refractivity contribution in [2.45, 2.75) is 26.4 Å². The predicted molar refractivity (Wildman–Crippen MR) is 62.0 cm³/mol. The summed E-state index contributed by atoms with van der Waals surface area (Å²) in [6.07, 6.45) is 1.74. The average molecular weight is 238 g/mol. The molecular formula is C10H14N4OS. The van der Waals surface area contributed by atoms with Crippen molar-refractivity contribution in [3.63, 3.8) is 0 Å². The van der Waals surface area contributed by atoms with E-state index in [2.05, 4.69) is 33.9 Å². The Morgan fingerprint density at radius 2 is 2.31 bits per heavy atom. The molecule has 0 spiro atoms. The van der Waals surface area contributed by atoms with Gasteiger partial charge in [-0.25, -0.2) is 0 Å². The maximum absolute atomic E-state index is 5.19. The predicted octanol–water partition coefficient (Wildman–Crippen LogP) is 2.03. The van der Waals surface area contributed by atoms with Gasteiger partial charge >= 0.3 is 0 Å². The third-order valence-corrected chi connectivity index (χ3v) is 3.16. The van der Waals surface area contributed by atoms with Crippen LogP contribution in [0.2, 0.25) is 0 Å². The van der Waals surface area contributed by atoms with Gasteiger partial charge in [-0.15, -0.1) is 11.3 Å². The maximum Gasteiger partial charge on any atom is 0.241 e. The summed E-state index contributed by atoms with van der Waals surface area (Å²) in [6.45, 7) is 4.92. The summed E-state index contributed by atoms with van der Waals surface area (Å²) in [6, 6.07) is 0.457. The second kappa shape index (κ2) is 4.71. The van der Waals surface area contributed by atoms with E-state index in [0.29, 0.717) is 24.3 Å². The van der Waals surface area contributed by atoms with Crippen molar-refractivity contribution in [1.82, 2.24) is 20.0 Å². The third kappa shape index (κ3) is 2.45. The highest BCUT2D eigenvalue weighted by atomic mass is 32.1. The van der Waals surface area contributed by atoms with Crippen LogP contribution >= 0.6 is 11.3 Å². The molecule has 2 aromatic rings. The molecule has 2 heterocycles. The zero-order valence-electron chi connectivity index (χ0n) is 9.54. The highest BCUT2D eigenvalue weighted by Gasteiger charge is 2.12.